The van der Waals surface area contributed by atoms with Crippen LogP contribution >= 0.6 is 0 Å². The molecule has 1 saturated carbocycles. The van der Waals surface area contributed by atoms with Crippen molar-refractivity contribution >= 4 is 17.1 Å². The van der Waals surface area contributed by atoms with Crippen LogP contribution in [0.5, 0.6) is 0 Å². The Morgan fingerprint density at radius 3 is 2.78 bits per heavy atom. The summed E-state index contributed by atoms with van der Waals surface area (Å²) in [4.78, 5) is 11.2. The van der Waals surface area contributed by atoms with E-state index in [1.807, 2.05) is 12.2 Å². The smallest absolute Gasteiger partial charge is 0.305 e. The zero-order valence-corrected chi connectivity index (χ0v) is 17.5. The van der Waals surface area contributed by atoms with Gasteiger partial charge >= 0.3 is 5.97 Å². The first-order valence-electron chi connectivity index (χ1n) is 10.5. The lowest BCUT2D eigenvalue weighted by atomic mass is 9.89. The number of carbonyl (C=O) groups is 1. The van der Waals surface area contributed by atoms with Crippen molar-refractivity contribution in [1.29, 1.82) is 0 Å². The lowest BCUT2D eigenvalue weighted by molar-refractivity contribution is -0.140. The largest absolute Gasteiger partial charge is 0.616 e. The van der Waals surface area contributed by atoms with Crippen molar-refractivity contribution in [3.8, 4) is 0 Å². The normalized spacial score (nSPS) is 34.1. The highest BCUT2D eigenvalue weighted by Gasteiger charge is 2.55. The van der Waals surface area contributed by atoms with Gasteiger partial charge in [-0.3, -0.25) is 4.79 Å². The van der Waals surface area contributed by atoms with Crippen LogP contribution in [0.4, 0.5) is 0 Å². The summed E-state index contributed by atoms with van der Waals surface area (Å²) < 4.78 is 17.5. The number of fused-ring (bicyclic) bond motifs is 1. The average Bonchev–Trinajstić information content (AvgIpc) is 3.12. The molecule has 6 heteroatoms. The van der Waals surface area contributed by atoms with Gasteiger partial charge in [-0.2, -0.15) is 0 Å². The van der Waals surface area contributed by atoms with Gasteiger partial charge < -0.3 is 19.5 Å². The van der Waals surface area contributed by atoms with Crippen LogP contribution in [0, 0.1) is 11.8 Å². The summed E-state index contributed by atoms with van der Waals surface area (Å²) >= 11 is -0.916. The second-order valence-electron chi connectivity index (χ2n) is 8.04. The maximum absolute atomic E-state index is 12.8. The molecular weight excluding hydrogens is 364 g/mol. The Morgan fingerprint density at radius 2 is 2.07 bits per heavy atom. The van der Waals surface area contributed by atoms with Crippen molar-refractivity contribution < 1.29 is 24.3 Å². The first-order chi connectivity index (χ1) is 13.0. The SMILES string of the molecule is CCCCC[C@H](O)/C=C/[C@@H]1[C@H]2CC(CCCCC(=O)OC)[S+]([O-])[C@@H]2C[C@H]1O. The molecule has 5 nitrogen and oxygen atoms in total. The van der Waals surface area contributed by atoms with Gasteiger partial charge in [0.1, 0.15) is 10.5 Å². The number of esters is 1. The molecule has 2 aliphatic rings. The molecule has 1 saturated heterocycles. The van der Waals surface area contributed by atoms with E-state index < -0.39 is 23.4 Å². The minimum Gasteiger partial charge on any atom is -0.616 e. The first kappa shape index (κ1) is 22.7. The van der Waals surface area contributed by atoms with Crippen LogP contribution in [-0.2, 0) is 20.7 Å². The summed E-state index contributed by atoms with van der Waals surface area (Å²) in [6.45, 7) is 2.14. The molecule has 1 aliphatic carbocycles. The minimum absolute atomic E-state index is 0.000144. The van der Waals surface area contributed by atoms with Crippen molar-refractivity contribution in [2.24, 2.45) is 11.8 Å². The zero-order chi connectivity index (χ0) is 19.8. The number of carbonyl (C=O) groups excluding carboxylic acids is 1. The highest BCUT2D eigenvalue weighted by Crippen LogP contribution is 2.48. The third-order valence-electron chi connectivity index (χ3n) is 6.10. The molecule has 156 valence electrons. The summed E-state index contributed by atoms with van der Waals surface area (Å²) in [5, 5.41) is 20.7. The summed E-state index contributed by atoms with van der Waals surface area (Å²) in [5.41, 5.74) is 0. The van der Waals surface area contributed by atoms with Gasteiger partial charge in [0.2, 0.25) is 0 Å². The van der Waals surface area contributed by atoms with Crippen LogP contribution in [-0.4, -0.2) is 50.6 Å². The molecule has 27 heavy (non-hydrogen) atoms. The summed E-state index contributed by atoms with van der Waals surface area (Å²) in [7, 11) is 1.40. The summed E-state index contributed by atoms with van der Waals surface area (Å²) in [6.07, 6.45) is 11.3. The Hall–Kier alpha value is -0.560. The quantitative estimate of drug-likeness (QED) is 0.241. The van der Waals surface area contributed by atoms with Crippen LogP contribution in [0.25, 0.3) is 0 Å². The van der Waals surface area contributed by atoms with Gasteiger partial charge in [0, 0.05) is 31.1 Å². The first-order valence-corrected chi connectivity index (χ1v) is 11.8. The molecule has 2 fully saturated rings. The Balaban J connectivity index is 1.82. The molecule has 0 aromatic rings. The van der Waals surface area contributed by atoms with Crippen molar-refractivity contribution in [1.82, 2.24) is 0 Å². The minimum atomic E-state index is -0.916. The molecule has 0 aromatic carbocycles. The maximum atomic E-state index is 12.8. The molecule has 7 atom stereocenters. The summed E-state index contributed by atoms with van der Waals surface area (Å²) in [6, 6.07) is 0. The Morgan fingerprint density at radius 1 is 1.30 bits per heavy atom. The van der Waals surface area contributed by atoms with Crippen molar-refractivity contribution in [3.05, 3.63) is 12.2 Å². The lowest BCUT2D eigenvalue weighted by Gasteiger charge is -2.19. The number of methoxy groups -OCH3 is 1. The molecule has 0 spiro atoms. The number of ether oxygens (including phenoxy) is 1. The van der Waals surface area contributed by atoms with Gasteiger partial charge in [0.05, 0.1) is 19.3 Å². The molecule has 2 unspecified atom stereocenters. The van der Waals surface area contributed by atoms with Crippen LogP contribution < -0.4 is 0 Å². The zero-order valence-electron chi connectivity index (χ0n) is 16.7. The van der Waals surface area contributed by atoms with E-state index in [4.69, 9.17) is 0 Å². The van der Waals surface area contributed by atoms with Crippen LogP contribution in [0.2, 0.25) is 0 Å². The van der Waals surface area contributed by atoms with E-state index >= 15 is 0 Å². The number of hydrogen-bond acceptors (Lipinski definition) is 5. The van der Waals surface area contributed by atoms with Gasteiger partial charge in [0.25, 0.3) is 0 Å². The van der Waals surface area contributed by atoms with Gasteiger partial charge in [0.15, 0.2) is 0 Å². The highest BCUT2D eigenvalue weighted by atomic mass is 32.2. The second-order valence-corrected chi connectivity index (χ2v) is 9.97. The molecule has 2 rings (SSSR count). The van der Waals surface area contributed by atoms with Gasteiger partial charge in [-0.05, 0) is 36.9 Å². The second kappa shape index (κ2) is 11.4. The summed E-state index contributed by atoms with van der Waals surface area (Å²) in [5.74, 6) is 0.0515. The highest BCUT2D eigenvalue weighted by molar-refractivity contribution is 7.92. The molecule has 0 amide bonds. The Bertz CT molecular complexity index is 483. The number of aliphatic hydroxyl groups is 2. The predicted molar refractivity (Wildman–Crippen MR) is 108 cm³/mol. The number of hydrogen-bond donors (Lipinski definition) is 2. The van der Waals surface area contributed by atoms with E-state index in [2.05, 4.69) is 11.7 Å². The predicted octanol–water partition coefficient (Wildman–Crippen LogP) is 3.10. The van der Waals surface area contributed by atoms with E-state index in [1.165, 1.54) is 7.11 Å². The molecule has 0 aromatic heterocycles. The topological polar surface area (TPSA) is 89.8 Å². The third-order valence-corrected chi connectivity index (χ3v) is 8.32. The van der Waals surface area contributed by atoms with E-state index in [0.717, 1.165) is 51.4 Å². The van der Waals surface area contributed by atoms with Gasteiger partial charge in [-0.15, -0.1) is 0 Å². The molecule has 0 bridgehead atoms. The van der Waals surface area contributed by atoms with Crippen LogP contribution in [0.15, 0.2) is 12.2 Å². The van der Waals surface area contributed by atoms with Crippen LogP contribution in [0.3, 0.4) is 0 Å². The van der Waals surface area contributed by atoms with E-state index in [0.29, 0.717) is 12.8 Å². The fraction of sp³-hybridized carbons (Fsp3) is 0.857. The molecule has 1 aliphatic heterocycles. The standard InChI is InChI=1S/C21H36O5S/c1-3-4-5-8-15(22)11-12-17-18-13-16(9-6-7-10-21(24)26-2)27(25)20(18)14-19(17)23/h11-12,15-20,22-23H,3-10,13-14H2,1-2H3/b12-11+/t15-,16?,17+,18+,19+,20+,27?/m0/s1. The fourth-order valence-corrected chi connectivity index (χ4v) is 6.86. The molecule has 2 N–H and O–H groups in total. The van der Waals surface area contributed by atoms with Gasteiger partial charge in [-0.25, -0.2) is 0 Å². The number of unbranched alkanes of at least 4 members (excludes halogenated alkanes) is 3. The Labute approximate surface area is 166 Å². The Kier molecular flexibility index (Phi) is 9.63. The van der Waals surface area contributed by atoms with E-state index in [1.54, 1.807) is 0 Å². The molecular formula is C21H36O5S. The van der Waals surface area contributed by atoms with Gasteiger partial charge in [-0.1, -0.05) is 38.3 Å². The van der Waals surface area contributed by atoms with Crippen molar-refractivity contribution in [2.75, 3.05) is 7.11 Å². The molecule has 1 heterocycles. The molecule has 0 radical (unpaired) electrons. The number of aliphatic hydroxyl groups excluding tert-OH is 2. The number of rotatable bonds is 11. The third kappa shape index (κ3) is 6.48. The fourth-order valence-electron chi connectivity index (χ4n) is 4.53. The van der Waals surface area contributed by atoms with Crippen LogP contribution in [0.1, 0.15) is 71.1 Å². The van der Waals surface area contributed by atoms with E-state index in [9.17, 15) is 19.6 Å². The maximum Gasteiger partial charge on any atom is 0.305 e. The average molecular weight is 401 g/mol. The van der Waals surface area contributed by atoms with Crippen molar-refractivity contribution in [2.45, 2.75) is 93.8 Å². The lowest BCUT2D eigenvalue weighted by Crippen LogP contribution is -2.24. The van der Waals surface area contributed by atoms with Crippen molar-refractivity contribution in [3.63, 3.8) is 0 Å². The van der Waals surface area contributed by atoms with E-state index in [-0.39, 0.29) is 28.3 Å². The monoisotopic (exact) mass is 400 g/mol.